The molecule has 1 aliphatic rings. The first-order valence-corrected chi connectivity index (χ1v) is 6.94. The van der Waals surface area contributed by atoms with Crippen molar-refractivity contribution in [3.63, 3.8) is 0 Å². The van der Waals surface area contributed by atoms with Crippen LogP contribution >= 0.6 is 0 Å². The monoisotopic (exact) mass is 296 g/mol. The molecule has 0 saturated heterocycles. The molecule has 0 unspecified atom stereocenters. The van der Waals surface area contributed by atoms with Gasteiger partial charge in [0.25, 0.3) is 5.69 Å². The van der Waals surface area contributed by atoms with Gasteiger partial charge in [-0.25, -0.2) is 0 Å². The first kappa shape index (κ1) is 15.5. The van der Waals surface area contributed by atoms with Gasteiger partial charge in [0.15, 0.2) is 11.5 Å². The minimum Gasteiger partial charge on any atom is -0.504 e. The van der Waals surface area contributed by atoms with E-state index in [0.717, 1.165) is 31.7 Å². The average molecular weight is 296 g/mol. The topological polar surface area (TPSA) is 119 Å². The lowest BCUT2D eigenvalue weighted by molar-refractivity contribution is -0.385. The Hall–Kier alpha value is -1.86. The molecule has 1 aliphatic carbocycles. The van der Waals surface area contributed by atoms with Gasteiger partial charge in [0.2, 0.25) is 0 Å². The van der Waals surface area contributed by atoms with Crippen LogP contribution in [0, 0.1) is 16.0 Å². The zero-order valence-corrected chi connectivity index (χ0v) is 11.9. The SMILES string of the molecule is COc1cc([N+](=O)[O-])cc([C@@H](N)[C@@H](O)C2CCCC2)c1O. The first-order valence-electron chi connectivity index (χ1n) is 6.94. The Labute approximate surface area is 122 Å². The number of aromatic hydroxyl groups is 1. The molecule has 0 heterocycles. The minimum atomic E-state index is -0.887. The molecule has 1 aromatic rings. The van der Waals surface area contributed by atoms with Crippen LogP contribution in [0.25, 0.3) is 0 Å². The number of hydrogen-bond donors (Lipinski definition) is 3. The number of ether oxygens (including phenoxy) is 1. The van der Waals surface area contributed by atoms with E-state index in [-0.39, 0.29) is 28.7 Å². The van der Waals surface area contributed by atoms with Crippen molar-refractivity contribution in [1.29, 1.82) is 0 Å². The number of non-ortho nitro benzene ring substituents is 1. The number of phenols is 1. The third-order valence-electron chi connectivity index (χ3n) is 4.13. The zero-order chi connectivity index (χ0) is 15.6. The third kappa shape index (κ3) is 3.08. The van der Waals surface area contributed by atoms with Crippen molar-refractivity contribution in [3.05, 3.63) is 27.8 Å². The van der Waals surface area contributed by atoms with Crippen molar-refractivity contribution in [2.75, 3.05) is 7.11 Å². The highest BCUT2D eigenvalue weighted by Crippen LogP contribution is 2.40. The molecule has 1 aromatic carbocycles. The van der Waals surface area contributed by atoms with Crippen molar-refractivity contribution in [3.8, 4) is 11.5 Å². The van der Waals surface area contributed by atoms with Gasteiger partial charge in [0.05, 0.1) is 30.2 Å². The number of aliphatic hydroxyl groups excluding tert-OH is 1. The number of nitro groups is 1. The maximum atomic E-state index is 10.9. The molecule has 7 nitrogen and oxygen atoms in total. The van der Waals surface area contributed by atoms with E-state index in [9.17, 15) is 20.3 Å². The molecular weight excluding hydrogens is 276 g/mol. The largest absolute Gasteiger partial charge is 0.504 e. The van der Waals surface area contributed by atoms with Crippen LogP contribution in [-0.4, -0.2) is 28.4 Å². The Morgan fingerprint density at radius 2 is 2.05 bits per heavy atom. The van der Waals surface area contributed by atoms with Crippen LogP contribution in [0.4, 0.5) is 5.69 Å². The molecule has 4 N–H and O–H groups in total. The molecule has 2 rings (SSSR count). The fourth-order valence-electron chi connectivity index (χ4n) is 2.91. The van der Waals surface area contributed by atoms with Gasteiger partial charge in [-0.05, 0) is 18.8 Å². The lowest BCUT2D eigenvalue weighted by Crippen LogP contribution is -2.32. The molecule has 7 heteroatoms. The van der Waals surface area contributed by atoms with Gasteiger partial charge < -0.3 is 20.7 Å². The number of benzene rings is 1. The Balaban J connectivity index is 2.36. The Morgan fingerprint density at radius 3 is 2.57 bits per heavy atom. The van der Waals surface area contributed by atoms with Crippen molar-refractivity contribution < 1.29 is 19.9 Å². The number of methoxy groups -OCH3 is 1. The number of aliphatic hydroxyl groups is 1. The summed E-state index contributed by atoms with van der Waals surface area (Å²) >= 11 is 0. The molecule has 0 bridgehead atoms. The summed E-state index contributed by atoms with van der Waals surface area (Å²) in [6.45, 7) is 0. The van der Waals surface area contributed by atoms with Crippen LogP contribution in [0.3, 0.4) is 0 Å². The second-order valence-corrected chi connectivity index (χ2v) is 5.40. The van der Waals surface area contributed by atoms with Gasteiger partial charge in [-0.1, -0.05) is 12.8 Å². The highest BCUT2D eigenvalue weighted by molar-refractivity contribution is 5.54. The summed E-state index contributed by atoms with van der Waals surface area (Å²) in [6.07, 6.45) is 2.99. The van der Waals surface area contributed by atoms with Gasteiger partial charge in [0, 0.05) is 11.6 Å². The fraction of sp³-hybridized carbons (Fsp3) is 0.571. The molecule has 1 saturated carbocycles. The van der Waals surface area contributed by atoms with E-state index in [1.165, 1.54) is 13.2 Å². The van der Waals surface area contributed by atoms with E-state index in [1.807, 2.05) is 0 Å². The molecule has 0 aliphatic heterocycles. The van der Waals surface area contributed by atoms with E-state index in [4.69, 9.17) is 10.5 Å². The van der Waals surface area contributed by atoms with Crippen molar-refractivity contribution in [2.24, 2.45) is 11.7 Å². The first-order chi connectivity index (χ1) is 9.95. The molecule has 0 spiro atoms. The second kappa shape index (κ2) is 6.28. The summed E-state index contributed by atoms with van der Waals surface area (Å²) in [5, 5.41) is 31.4. The van der Waals surface area contributed by atoms with E-state index in [2.05, 4.69) is 0 Å². The predicted molar refractivity (Wildman–Crippen MR) is 76.2 cm³/mol. The normalized spacial score (nSPS) is 18.4. The molecule has 0 radical (unpaired) electrons. The summed E-state index contributed by atoms with van der Waals surface area (Å²) in [5.41, 5.74) is 5.93. The average Bonchev–Trinajstić information content (AvgIpc) is 2.99. The van der Waals surface area contributed by atoms with Gasteiger partial charge in [-0.3, -0.25) is 10.1 Å². The summed E-state index contributed by atoms with van der Waals surface area (Å²) < 4.78 is 4.94. The quantitative estimate of drug-likeness (QED) is 0.563. The summed E-state index contributed by atoms with van der Waals surface area (Å²) in [7, 11) is 1.31. The van der Waals surface area contributed by atoms with Crippen LogP contribution < -0.4 is 10.5 Å². The number of nitrogens with zero attached hydrogens (tertiary/aromatic N) is 1. The van der Waals surface area contributed by atoms with Crippen molar-refractivity contribution >= 4 is 5.69 Å². The summed E-state index contributed by atoms with van der Waals surface area (Å²) in [5.74, 6) is -0.217. The molecule has 2 atom stereocenters. The predicted octanol–water partition coefficient (Wildman–Crippen LogP) is 1.86. The standard InChI is InChI=1S/C14H20N2O5/c1-21-11-7-9(16(19)20)6-10(14(11)18)12(15)13(17)8-4-2-3-5-8/h6-8,12-13,17-18H,2-5,15H2,1H3/t12-,13+/m1/s1. The highest BCUT2D eigenvalue weighted by atomic mass is 16.6. The van der Waals surface area contributed by atoms with Gasteiger partial charge >= 0.3 is 0 Å². The molecule has 116 valence electrons. The van der Waals surface area contributed by atoms with Gasteiger partial charge in [-0.15, -0.1) is 0 Å². The Kier molecular flexibility index (Phi) is 4.64. The highest BCUT2D eigenvalue weighted by Gasteiger charge is 2.32. The number of rotatable bonds is 5. The van der Waals surface area contributed by atoms with Crippen LogP contribution in [0.15, 0.2) is 12.1 Å². The van der Waals surface area contributed by atoms with Crippen LogP contribution in [-0.2, 0) is 0 Å². The van der Waals surface area contributed by atoms with E-state index >= 15 is 0 Å². The fourth-order valence-corrected chi connectivity index (χ4v) is 2.91. The van der Waals surface area contributed by atoms with Crippen molar-refractivity contribution in [2.45, 2.75) is 37.8 Å². The summed E-state index contributed by atoms with van der Waals surface area (Å²) in [6, 6.07) is 1.44. The number of phenolic OH excluding ortho intramolecular Hbond substituents is 1. The van der Waals surface area contributed by atoms with Crippen LogP contribution in [0.5, 0.6) is 11.5 Å². The molecule has 1 fully saturated rings. The third-order valence-corrected chi connectivity index (χ3v) is 4.13. The second-order valence-electron chi connectivity index (χ2n) is 5.40. The van der Waals surface area contributed by atoms with Gasteiger partial charge in [0.1, 0.15) is 0 Å². The minimum absolute atomic E-state index is 0.0201. The van der Waals surface area contributed by atoms with Crippen molar-refractivity contribution in [1.82, 2.24) is 0 Å². The van der Waals surface area contributed by atoms with E-state index in [0.29, 0.717) is 0 Å². The van der Waals surface area contributed by atoms with Gasteiger partial charge in [-0.2, -0.15) is 0 Å². The number of nitrogens with two attached hydrogens (primary N) is 1. The maximum Gasteiger partial charge on any atom is 0.273 e. The summed E-state index contributed by atoms with van der Waals surface area (Å²) in [4.78, 5) is 10.4. The lowest BCUT2D eigenvalue weighted by atomic mass is 9.90. The van der Waals surface area contributed by atoms with E-state index < -0.39 is 17.1 Å². The van der Waals surface area contributed by atoms with Crippen LogP contribution in [0.2, 0.25) is 0 Å². The molecule has 21 heavy (non-hydrogen) atoms. The maximum absolute atomic E-state index is 10.9. The lowest BCUT2D eigenvalue weighted by Gasteiger charge is -2.25. The van der Waals surface area contributed by atoms with Crippen LogP contribution in [0.1, 0.15) is 37.3 Å². The molecule has 0 amide bonds. The number of hydrogen-bond acceptors (Lipinski definition) is 6. The number of nitro benzene ring substituents is 1. The zero-order valence-electron chi connectivity index (χ0n) is 11.9. The molecular formula is C14H20N2O5. The Morgan fingerprint density at radius 1 is 1.43 bits per heavy atom. The molecule has 0 aromatic heterocycles. The Bertz CT molecular complexity index is 528. The van der Waals surface area contributed by atoms with E-state index in [1.54, 1.807) is 0 Å². The smallest absolute Gasteiger partial charge is 0.273 e.